The lowest BCUT2D eigenvalue weighted by molar-refractivity contribution is -0.677. The second kappa shape index (κ2) is 7.90. The molecule has 1 unspecified atom stereocenters. The fraction of sp³-hybridized carbons (Fsp3) is 0.700. The summed E-state index contributed by atoms with van der Waals surface area (Å²) in [5, 5.41) is 0. The minimum Gasteiger partial charge on any atom is -0.741 e. The molecule has 1 rings (SSSR count). The molecule has 0 amide bonds. The van der Waals surface area contributed by atoms with Gasteiger partial charge in [0.15, 0.2) is 10.1 Å². The van der Waals surface area contributed by atoms with Crippen molar-refractivity contribution in [3.63, 3.8) is 0 Å². The van der Waals surface area contributed by atoms with Crippen LogP contribution in [0.4, 0.5) is 13.2 Å². The molecule has 0 spiro atoms. The van der Waals surface area contributed by atoms with Crippen molar-refractivity contribution in [3.05, 3.63) is 18.2 Å². The van der Waals surface area contributed by atoms with Gasteiger partial charge in [0.25, 0.3) is 5.82 Å². The lowest BCUT2D eigenvalue weighted by Crippen LogP contribution is -2.29. The number of alkyl halides is 3. The smallest absolute Gasteiger partial charge is 0.485 e. The maximum Gasteiger partial charge on any atom is 0.485 e. The molecule has 0 aromatic carbocycles. The normalized spacial score (nSPS) is 13.5. The van der Waals surface area contributed by atoms with Crippen LogP contribution in [-0.4, -0.2) is 39.3 Å². The monoisotopic (exact) mass is 350 g/mol. The van der Waals surface area contributed by atoms with Crippen LogP contribution in [0.5, 0.6) is 0 Å². The van der Waals surface area contributed by atoms with Crippen LogP contribution in [0.1, 0.15) is 12.2 Å². The summed E-state index contributed by atoms with van der Waals surface area (Å²) in [6.07, 6.45) is 6.84. The van der Waals surface area contributed by atoms with E-state index in [9.17, 15) is 17.4 Å². The first-order valence-electron chi connectivity index (χ1n) is 5.70. The minimum atomic E-state index is -6.09. The Balaban J connectivity index is 0.000000433. The molecule has 1 aromatic heterocycles. The van der Waals surface area contributed by atoms with Gasteiger partial charge in [0, 0.05) is 29.7 Å². The van der Waals surface area contributed by atoms with Gasteiger partial charge < -0.3 is 4.55 Å². The molecule has 0 aliphatic rings. The van der Waals surface area contributed by atoms with Crippen molar-refractivity contribution in [1.29, 1.82) is 0 Å². The Kier molecular flexibility index (Phi) is 7.54. The molecule has 124 valence electrons. The van der Waals surface area contributed by atoms with Crippen molar-refractivity contribution in [1.82, 2.24) is 4.57 Å². The molecular weight excluding hydrogens is 333 g/mol. The third-order valence-electron chi connectivity index (χ3n) is 2.51. The summed E-state index contributed by atoms with van der Waals surface area (Å²) in [7, 11) is -4.72. The molecule has 1 atom stereocenters. The van der Waals surface area contributed by atoms with E-state index in [2.05, 4.69) is 22.3 Å². The van der Waals surface area contributed by atoms with Crippen LogP contribution in [-0.2, 0) is 34.5 Å². The first-order chi connectivity index (χ1) is 9.36. The first-order valence-corrected chi connectivity index (χ1v) is 8.83. The average Bonchev–Trinajstić information content (AvgIpc) is 2.58. The van der Waals surface area contributed by atoms with Gasteiger partial charge in [0.2, 0.25) is 0 Å². The van der Waals surface area contributed by atoms with Crippen LogP contribution in [0, 0.1) is 6.92 Å². The van der Waals surface area contributed by atoms with Crippen LogP contribution >= 0.6 is 0 Å². The number of hydrogen-bond donors (Lipinski definition) is 0. The number of halogens is 3. The van der Waals surface area contributed by atoms with Gasteiger partial charge in [-0.15, -0.1) is 0 Å². The van der Waals surface area contributed by atoms with Crippen molar-refractivity contribution in [2.45, 2.75) is 25.4 Å². The van der Waals surface area contributed by atoms with Crippen LogP contribution in [0.3, 0.4) is 0 Å². The highest BCUT2D eigenvalue weighted by molar-refractivity contribution is 7.86. The predicted octanol–water partition coefficient (Wildman–Crippen LogP) is 0.441. The maximum absolute atomic E-state index is 10.8. The van der Waals surface area contributed by atoms with E-state index in [0.29, 0.717) is 0 Å². The fourth-order valence-corrected chi connectivity index (χ4v) is 1.81. The fourth-order valence-electron chi connectivity index (χ4n) is 1.27. The molecule has 0 saturated heterocycles. The van der Waals surface area contributed by atoms with Crippen molar-refractivity contribution in [3.8, 4) is 0 Å². The molecule has 21 heavy (non-hydrogen) atoms. The van der Waals surface area contributed by atoms with Gasteiger partial charge in [0.05, 0.1) is 13.6 Å². The summed E-state index contributed by atoms with van der Waals surface area (Å²) < 4.78 is 74.0. The highest BCUT2D eigenvalue weighted by atomic mass is 32.2. The standard InChI is InChI=1S/C9H17N2OS.CHF3O3S/c1-9-10(2)6-7-11(9)5-4-8-13(3)12;2-1(3,4)8(5,6)7/h6-7H,4-5,8H2,1-3H3;(H,5,6,7)/q+1;/p-1. The Bertz CT molecular complexity index is 582. The Morgan fingerprint density at radius 1 is 1.43 bits per heavy atom. The quantitative estimate of drug-likeness (QED) is 0.448. The SMILES string of the molecule is Cc1n(CCCS(C)=O)cc[n+]1C.O=S(=O)([O-])C(F)(F)F. The summed E-state index contributed by atoms with van der Waals surface area (Å²) >= 11 is 0. The summed E-state index contributed by atoms with van der Waals surface area (Å²) in [6.45, 7) is 3.05. The number of aryl methyl sites for hydroxylation is 2. The summed E-state index contributed by atoms with van der Waals surface area (Å²) in [4.78, 5) is 0. The molecule has 1 heterocycles. The number of imidazole rings is 1. The Hall–Kier alpha value is -0.940. The van der Waals surface area contributed by atoms with Gasteiger partial charge in [0.1, 0.15) is 12.4 Å². The van der Waals surface area contributed by atoms with Gasteiger partial charge in [-0.3, -0.25) is 4.21 Å². The van der Waals surface area contributed by atoms with E-state index in [0.717, 1.165) is 18.7 Å². The zero-order valence-corrected chi connectivity index (χ0v) is 13.4. The number of hydrogen-bond acceptors (Lipinski definition) is 4. The van der Waals surface area contributed by atoms with Gasteiger partial charge in [-0.1, -0.05) is 0 Å². The Morgan fingerprint density at radius 2 is 1.90 bits per heavy atom. The number of nitrogens with zero attached hydrogens (tertiary/aromatic N) is 2. The third kappa shape index (κ3) is 7.58. The third-order valence-corrected chi connectivity index (χ3v) is 3.94. The van der Waals surface area contributed by atoms with Crippen LogP contribution in [0.15, 0.2) is 12.4 Å². The molecule has 0 aliphatic carbocycles. The average molecular weight is 350 g/mol. The van der Waals surface area contributed by atoms with E-state index < -0.39 is 26.4 Å². The number of rotatable bonds is 4. The van der Waals surface area contributed by atoms with Gasteiger partial charge in [-0.05, 0) is 6.42 Å². The number of aromatic nitrogens is 2. The molecule has 11 heteroatoms. The first kappa shape index (κ1) is 20.1. The van der Waals surface area contributed by atoms with Gasteiger partial charge >= 0.3 is 5.51 Å². The molecular formula is C10H17F3N2O4S2. The van der Waals surface area contributed by atoms with E-state index in [4.69, 9.17) is 13.0 Å². The molecule has 0 bridgehead atoms. The summed E-state index contributed by atoms with van der Waals surface area (Å²) in [5.41, 5.74) is -5.65. The molecule has 0 N–H and O–H groups in total. The zero-order valence-electron chi connectivity index (χ0n) is 11.8. The zero-order chi connectivity index (χ0) is 16.8. The Labute approximate surface area is 123 Å². The van der Waals surface area contributed by atoms with E-state index in [1.54, 1.807) is 6.26 Å². The lowest BCUT2D eigenvalue weighted by Gasteiger charge is -2.08. The second-order valence-corrected chi connectivity index (χ2v) is 7.11. The van der Waals surface area contributed by atoms with Crippen molar-refractivity contribution in [2.75, 3.05) is 12.0 Å². The van der Waals surface area contributed by atoms with Crippen LogP contribution in [0.25, 0.3) is 0 Å². The van der Waals surface area contributed by atoms with E-state index in [1.165, 1.54) is 5.82 Å². The molecule has 0 saturated carbocycles. The summed E-state index contributed by atoms with van der Waals surface area (Å²) in [6, 6.07) is 0. The maximum atomic E-state index is 10.8. The lowest BCUT2D eigenvalue weighted by atomic mass is 10.4. The second-order valence-electron chi connectivity index (χ2n) is 4.18. The van der Waals surface area contributed by atoms with Crippen molar-refractivity contribution in [2.24, 2.45) is 7.05 Å². The molecule has 0 aliphatic heterocycles. The van der Waals surface area contributed by atoms with Crippen LogP contribution < -0.4 is 4.57 Å². The van der Waals surface area contributed by atoms with E-state index in [1.807, 2.05) is 13.2 Å². The van der Waals surface area contributed by atoms with E-state index in [-0.39, 0.29) is 0 Å². The highest BCUT2D eigenvalue weighted by Crippen LogP contribution is 2.20. The molecule has 0 fully saturated rings. The minimum absolute atomic E-state index is 0.659. The molecule has 0 radical (unpaired) electrons. The van der Waals surface area contributed by atoms with E-state index >= 15 is 0 Å². The van der Waals surface area contributed by atoms with Gasteiger partial charge in [-0.2, -0.15) is 13.2 Å². The largest absolute Gasteiger partial charge is 0.741 e. The Morgan fingerprint density at radius 3 is 2.19 bits per heavy atom. The topological polar surface area (TPSA) is 83.1 Å². The van der Waals surface area contributed by atoms with Crippen molar-refractivity contribution >= 4 is 20.9 Å². The van der Waals surface area contributed by atoms with Gasteiger partial charge in [-0.25, -0.2) is 17.6 Å². The highest BCUT2D eigenvalue weighted by Gasteiger charge is 2.36. The molecule has 6 nitrogen and oxygen atoms in total. The molecule has 1 aromatic rings. The van der Waals surface area contributed by atoms with Crippen molar-refractivity contribution < 1.29 is 34.9 Å². The predicted molar refractivity (Wildman–Crippen MR) is 69.6 cm³/mol. The summed E-state index contributed by atoms with van der Waals surface area (Å²) in [5.74, 6) is 2.03. The van der Waals surface area contributed by atoms with Crippen LogP contribution in [0.2, 0.25) is 0 Å².